The SMILES string of the molecule is CC(C)(C)OC=O.O=[N+]([O-])c1ccc(C2CCNCC2)cn1. The fourth-order valence-electron chi connectivity index (χ4n) is 2.05. The number of carbonyl (C=O) groups is 1. The minimum Gasteiger partial charge on any atom is -0.462 e. The van der Waals surface area contributed by atoms with E-state index in [0.717, 1.165) is 31.5 Å². The zero-order chi connectivity index (χ0) is 16.6. The lowest BCUT2D eigenvalue weighted by molar-refractivity contribution is -0.389. The van der Waals surface area contributed by atoms with Crippen molar-refractivity contribution in [2.75, 3.05) is 13.1 Å². The molecule has 0 radical (unpaired) electrons. The number of piperidine rings is 1. The Hall–Kier alpha value is -2.02. The molecular weight excluding hydrogens is 286 g/mol. The number of nitrogens with zero attached hydrogens (tertiary/aromatic N) is 2. The van der Waals surface area contributed by atoms with Gasteiger partial charge in [0, 0.05) is 6.07 Å². The third-order valence-electron chi connectivity index (χ3n) is 3.17. The van der Waals surface area contributed by atoms with Crippen molar-refractivity contribution >= 4 is 12.3 Å². The summed E-state index contributed by atoms with van der Waals surface area (Å²) in [6.07, 6.45) is 3.80. The Kier molecular flexibility index (Phi) is 6.91. The number of hydrogen-bond acceptors (Lipinski definition) is 6. The third kappa shape index (κ3) is 6.62. The molecular formula is C15H23N3O4. The van der Waals surface area contributed by atoms with Gasteiger partial charge in [0.15, 0.2) is 0 Å². The van der Waals surface area contributed by atoms with Crippen molar-refractivity contribution in [2.24, 2.45) is 0 Å². The summed E-state index contributed by atoms with van der Waals surface area (Å²) in [5, 5.41) is 13.7. The first-order chi connectivity index (χ1) is 10.3. The molecule has 1 aliphatic heterocycles. The molecule has 1 aromatic rings. The van der Waals surface area contributed by atoms with Crippen LogP contribution in [0.5, 0.6) is 0 Å². The standard InChI is InChI=1S/C10H13N3O2.C5H10O2/c14-13(15)10-2-1-9(7-12-10)8-3-5-11-6-4-8;1-5(2,3)7-4-6/h1-2,7-8,11H,3-6H2;4H,1-3H3. The zero-order valence-electron chi connectivity index (χ0n) is 13.2. The van der Waals surface area contributed by atoms with Crippen LogP contribution in [0.15, 0.2) is 18.3 Å². The van der Waals surface area contributed by atoms with E-state index >= 15 is 0 Å². The predicted molar refractivity (Wildman–Crippen MR) is 82.6 cm³/mol. The highest BCUT2D eigenvalue weighted by Gasteiger charge is 2.17. The number of pyridine rings is 1. The molecule has 2 heterocycles. The van der Waals surface area contributed by atoms with Crippen molar-refractivity contribution in [3.05, 3.63) is 34.0 Å². The van der Waals surface area contributed by atoms with E-state index in [1.165, 1.54) is 6.07 Å². The summed E-state index contributed by atoms with van der Waals surface area (Å²) >= 11 is 0. The highest BCUT2D eigenvalue weighted by molar-refractivity contribution is 5.37. The van der Waals surface area contributed by atoms with Crippen molar-refractivity contribution in [1.82, 2.24) is 10.3 Å². The van der Waals surface area contributed by atoms with E-state index < -0.39 is 4.92 Å². The van der Waals surface area contributed by atoms with Crippen molar-refractivity contribution in [3.63, 3.8) is 0 Å². The molecule has 1 fully saturated rings. The molecule has 0 aliphatic carbocycles. The van der Waals surface area contributed by atoms with Crippen LogP contribution in [-0.4, -0.2) is 35.1 Å². The molecule has 0 bridgehead atoms. The van der Waals surface area contributed by atoms with Gasteiger partial charge in [0.2, 0.25) is 0 Å². The maximum Gasteiger partial charge on any atom is 0.363 e. The van der Waals surface area contributed by atoms with Crippen LogP contribution < -0.4 is 5.32 Å². The van der Waals surface area contributed by atoms with E-state index in [1.54, 1.807) is 6.20 Å². The molecule has 0 spiro atoms. The van der Waals surface area contributed by atoms with Crippen LogP contribution in [0.4, 0.5) is 5.82 Å². The lowest BCUT2D eigenvalue weighted by atomic mass is 9.91. The minimum absolute atomic E-state index is 0.0762. The number of ether oxygens (including phenoxy) is 1. The van der Waals surface area contributed by atoms with Crippen molar-refractivity contribution in [3.8, 4) is 0 Å². The summed E-state index contributed by atoms with van der Waals surface area (Å²) < 4.78 is 4.55. The van der Waals surface area contributed by atoms with Crippen molar-refractivity contribution in [2.45, 2.75) is 45.1 Å². The van der Waals surface area contributed by atoms with E-state index in [0.29, 0.717) is 12.4 Å². The molecule has 122 valence electrons. The van der Waals surface area contributed by atoms with Crippen LogP contribution in [0.2, 0.25) is 0 Å². The third-order valence-corrected chi connectivity index (χ3v) is 3.17. The summed E-state index contributed by atoms with van der Waals surface area (Å²) in [6, 6.07) is 3.30. The second kappa shape index (κ2) is 8.43. The second-order valence-electron chi connectivity index (χ2n) is 6.06. The van der Waals surface area contributed by atoms with E-state index in [2.05, 4.69) is 15.0 Å². The molecule has 2 rings (SSSR count). The summed E-state index contributed by atoms with van der Waals surface area (Å²) in [6.45, 7) is 7.95. The lowest BCUT2D eigenvalue weighted by Gasteiger charge is -2.21. The molecule has 0 saturated carbocycles. The quantitative estimate of drug-likeness (QED) is 0.523. The van der Waals surface area contributed by atoms with Crippen LogP contribution in [0.3, 0.4) is 0 Å². The molecule has 0 amide bonds. The summed E-state index contributed by atoms with van der Waals surface area (Å²) in [5.74, 6) is 0.423. The highest BCUT2D eigenvalue weighted by Crippen LogP contribution is 2.25. The van der Waals surface area contributed by atoms with Gasteiger partial charge in [-0.3, -0.25) is 4.79 Å². The first-order valence-electron chi connectivity index (χ1n) is 7.26. The summed E-state index contributed by atoms with van der Waals surface area (Å²) in [7, 11) is 0. The Balaban J connectivity index is 0.000000295. The predicted octanol–water partition coefficient (Wildman–Crippen LogP) is 2.41. The number of rotatable bonds is 3. The van der Waals surface area contributed by atoms with Gasteiger partial charge in [-0.25, -0.2) is 0 Å². The van der Waals surface area contributed by atoms with E-state index in [4.69, 9.17) is 0 Å². The van der Waals surface area contributed by atoms with Crippen LogP contribution >= 0.6 is 0 Å². The van der Waals surface area contributed by atoms with Gasteiger partial charge >= 0.3 is 5.82 Å². The zero-order valence-corrected chi connectivity index (χ0v) is 13.2. The van der Waals surface area contributed by atoms with E-state index in [9.17, 15) is 14.9 Å². The van der Waals surface area contributed by atoms with Gasteiger partial charge in [0.1, 0.15) is 11.8 Å². The van der Waals surface area contributed by atoms with Gasteiger partial charge in [-0.1, -0.05) is 0 Å². The van der Waals surface area contributed by atoms with E-state index in [-0.39, 0.29) is 11.4 Å². The van der Waals surface area contributed by atoms with Gasteiger partial charge in [-0.2, -0.15) is 0 Å². The Morgan fingerprint density at radius 2 is 2.00 bits per heavy atom. The first-order valence-corrected chi connectivity index (χ1v) is 7.26. The molecule has 1 N–H and O–H groups in total. The van der Waals surface area contributed by atoms with Gasteiger partial charge < -0.3 is 20.2 Å². The van der Waals surface area contributed by atoms with Gasteiger partial charge in [0.05, 0.1) is 0 Å². The van der Waals surface area contributed by atoms with Crippen molar-refractivity contribution < 1.29 is 14.5 Å². The number of hydrogen-bond donors (Lipinski definition) is 1. The molecule has 0 unspecified atom stereocenters. The minimum atomic E-state index is -0.466. The van der Waals surface area contributed by atoms with Crippen molar-refractivity contribution in [1.29, 1.82) is 0 Å². The normalized spacial score (nSPS) is 15.4. The fraction of sp³-hybridized carbons (Fsp3) is 0.600. The Morgan fingerprint density at radius 3 is 2.36 bits per heavy atom. The smallest absolute Gasteiger partial charge is 0.363 e. The van der Waals surface area contributed by atoms with Crippen LogP contribution in [-0.2, 0) is 9.53 Å². The van der Waals surface area contributed by atoms with Crippen LogP contribution in [0.25, 0.3) is 0 Å². The average Bonchev–Trinajstić information content (AvgIpc) is 2.48. The van der Waals surface area contributed by atoms with E-state index in [1.807, 2.05) is 26.8 Å². The molecule has 1 saturated heterocycles. The summed E-state index contributed by atoms with van der Waals surface area (Å²) in [4.78, 5) is 23.4. The van der Waals surface area contributed by atoms with Gasteiger partial charge in [0.25, 0.3) is 6.47 Å². The highest BCUT2D eigenvalue weighted by atomic mass is 16.6. The molecule has 1 aliphatic rings. The molecule has 1 aromatic heterocycles. The Morgan fingerprint density at radius 1 is 1.36 bits per heavy atom. The van der Waals surface area contributed by atoms with Crippen LogP contribution in [0.1, 0.15) is 45.1 Å². The number of carbonyl (C=O) groups excluding carboxylic acids is 1. The Bertz CT molecular complexity index is 477. The molecule has 7 heteroatoms. The molecule has 0 atom stereocenters. The maximum atomic E-state index is 10.4. The molecule has 7 nitrogen and oxygen atoms in total. The molecule has 22 heavy (non-hydrogen) atoms. The number of aromatic nitrogens is 1. The maximum absolute atomic E-state index is 10.4. The monoisotopic (exact) mass is 309 g/mol. The fourth-order valence-corrected chi connectivity index (χ4v) is 2.05. The van der Waals surface area contributed by atoms with Gasteiger partial charge in [-0.05, 0) is 74.2 Å². The average molecular weight is 309 g/mol. The lowest BCUT2D eigenvalue weighted by Crippen LogP contribution is -2.26. The first kappa shape index (κ1) is 18.0. The second-order valence-corrected chi connectivity index (χ2v) is 6.06. The largest absolute Gasteiger partial charge is 0.462 e. The summed E-state index contributed by atoms with van der Waals surface area (Å²) in [5.41, 5.74) is 0.795. The Labute approximate surface area is 130 Å². The molecule has 0 aromatic carbocycles. The number of nitrogens with one attached hydrogen (secondary N) is 1. The number of nitro groups is 1. The topological polar surface area (TPSA) is 94.4 Å². The van der Waals surface area contributed by atoms with Gasteiger partial charge in [-0.15, -0.1) is 0 Å². The van der Waals surface area contributed by atoms with Crippen LogP contribution in [0, 0.1) is 10.1 Å².